The second-order valence-corrected chi connectivity index (χ2v) is 5.12. The Kier molecular flexibility index (Phi) is 5.64. The van der Waals surface area contributed by atoms with Gasteiger partial charge < -0.3 is 15.4 Å². The Morgan fingerprint density at radius 3 is 2.95 bits per heavy atom. The molecule has 4 nitrogen and oxygen atoms in total. The van der Waals surface area contributed by atoms with Crippen LogP contribution in [-0.2, 0) is 9.53 Å². The maximum atomic E-state index is 13.8. The van der Waals surface area contributed by atoms with Gasteiger partial charge in [0.1, 0.15) is 11.6 Å². The number of hydrogen-bond acceptors (Lipinski definition) is 3. The number of morpholine rings is 1. The molecule has 0 spiro atoms. The van der Waals surface area contributed by atoms with Crippen molar-refractivity contribution in [1.29, 1.82) is 0 Å². The number of ether oxygens (including phenoxy) is 1. The lowest BCUT2D eigenvalue weighted by Crippen LogP contribution is -2.44. The van der Waals surface area contributed by atoms with E-state index in [0.717, 1.165) is 12.6 Å². The normalized spacial score (nSPS) is 20.0. The summed E-state index contributed by atoms with van der Waals surface area (Å²) in [5.41, 5.74) is 0.306. The quantitative estimate of drug-likeness (QED) is 0.873. The Hall–Kier alpha value is -1.53. The molecule has 21 heavy (non-hydrogen) atoms. The fraction of sp³-hybridized carbons (Fsp3) is 0.533. The molecule has 1 aromatic carbocycles. The van der Waals surface area contributed by atoms with Crippen molar-refractivity contribution in [3.63, 3.8) is 0 Å². The summed E-state index contributed by atoms with van der Waals surface area (Å²) in [4.78, 5) is 12.0. The first-order valence-corrected chi connectivity index (χ1v) is 7.15. The van der Waals surface area contributed by atoms with Gasteiger partial charge in [0.05, 0.1) is 19.3 Å². The zero-order chi connectivity index (χ0) is 15.2. The van der Waals surface area contributed by atoms with E-state index < -0.39 is 17.7 Å². The summed E-state index contributed by atoms with van der Waals surface area (Å²) in [7, 11) is 0. The molecule has 1 aliphatic heterocycles. The molecule has 1 aromatic rings. The molecule has 1 heterocycles. The highest BCUT2D eigenvalue weighted by Crippen LogP contribution is 2.21. The number of nitrogens with one attached hydrogen (secondary N) is 2. The molecule has 6 heteroatoms. The molecule has 0 aromatic heterocycles. The molecule has 2 atom stereocenters. The number of carbonyl (C=O) groups is 1. The summed E-state index contributed by atoms with van der Waals surface area (Å²) in [6, 6.07) is 2.93. The molecule has 1 fully saturated rings. The highest BCUT2D eigenvalue weighted by molar-refractivity contribution is 5.77. The molecule has 2 N–H and O–H groups in total. The average Bonchev–Trinajstić information content (AvgIpc) is 2.46. The number of hydrogen-bond donors (Lipinski definition) is 2. The molecule has 2 unspecified atom stereocenters. The molecule has 0 bridgehead atoms. The second kappa shape index (κ2) is 7.47. The van der Waals surface area contributed by atoms with E-state index in [1.54, 1.807) is 0 Å². The summed E-state index contributed by atoms with van der Waals surface area (Å²) >= 11 is 0. The third kappa shape index (κ3) is 4.47. The Morgan fingerprint density at radius 1 is 1.52 bits per heavy atom. The molecule has 116 valence electrons. The summed E-state index contributed by atoms with van der Waals surface area (Å²) in [5.74, 6) is -1.43. The van der Waals surface area contributed by atoms with Gasteiger partial charge in [-0.1, -0.05) is 13.0 Å². The Morgan fingerprint density at radius 2 is 2.33 bits per heavy atom. The Bertz CT molecular complexity index is 491. The standard InChI is InChI=1S/C15H20F2N2O2/c1-2-14(12-4-3-10(16)7-13(12)17)19-15(20)8-11-9-21-6-5-18-11/h3-4,7,11,14,18H,2,5-6,8-9H2,1H3,(H,19,20). The smallest absolute Gasteiger partial charge is 0.222 e. The molecular weight excluding hydrogens is 278 g/mol. The number of halogens is 2. The molecule has 0 aliphatic carbocycles. The van der Waals surface area contributed by atoms with Crippen molar-refractivity contribution in [2.45, 2.75) is 31.8 Å². The van der Waals surface area contributed by atoms with Crippen molar-refractivity contribution in [2.75, 3.05) is 19.8 Å². The van der Waals surface area contributed by atoms with Crippen LogP contribution in [0.25, 0.3) is 0 Å². The minimum atomic E-state index is -0.638. The van der Waals surface area contributed by atoms with Gasteiger partial charge in [0.25, 0.3) is 0 Å². The monoisotopic (exact) mass is 298 g/mol. The topological polar surface area (TPSA) is 50.4 Å². The van der Waals surface area contributed by atoms with Crippen LogP contribution in [0.5, 0.6) is 0 Å². The predicted octanol–water partition coefficient (Wildman–Crippen LogP) is 1.91. The van der Waals surface area contributed by atoms with Gasteiger partial charge in [-0.2, -0.15) is 0 Å². The predicted molar refractivity (Wildman–Crippen MR) is 74.8 cm³/mol. The molecular formula is C15H20F2N2O2. The van der Waals surface area contributed by atoms with Crippen molar-refractivity contribution < 1.29 is 18.3 Å². The van der Waals surface area contributed by atoms with Crippen molar-refractivity contribution in [2.24, 2.45) is 0 Å². The summed E-state index contributed by atoms with van der Waals surface area (Å²) in [6.45, 7) is 3.71. The SMILES string of the molecule is CCC(NC(=O)CC1COCCN1)c1ccc(F)cc1F. The van der Waals surface area contributed by atoms with Crippen LogP contribution in [-0.4, -0.2) is 31.7 Å². The van der Waals surface area contributed by atoms with Crippen LogP contribution in [0.2, 0.25) is 0 Å². The third-order valence-corrected chi connectivity index (χ3v) is 3.51. The first kappa shape index (κ1) is 15.9. The lowest BCUT2D eigenvalue weighted by molar-refractivity contribution is -0.123. The fourth-order valence-corrected chi connectivity index (χ4v) is 2.41. The van der Waals surface area contributed by atoms with E-state index in [4.69, 9.17) is 4.74 Å². The van der Waals surface area contributed by atoms with E-state index in [-0.39, 0.29) is 18.4 Å². The first-order chi connectivity index (χ1) is 10.1. The lowest BCUT2D eigenvalue weighted by Gasteiger charge is -2.25. The highest BCUT2D eigenvalue weighted by atomic mass is 19.1. The van der Waals surface area contributed by atoms with Gasteiger partial charge in [-0.05, 0) is 12.5 Å². The zero-order valence-electron chi connectivity index (χ0n) is 12.0. The Balaban J connectivity index is 1.96. The largest absolute Gasteiger partial charge is 0.378 e. The second-order valence-electron chi connectivity index (χ2n) is 5.12. The number of benzene rings is 1. The minimum absolute atomic E-state index is 0.0191. The van der Waals surface area contributed by atoms with Crippen molar-refractivity contribution in [1.82, 2.24) is 10.6 Å². The maximum Gasteiger partial charge on any atom is 0.222 e. The lowest BCUT2D eigenvalue weighted by atomic mass is 10.0. The molecule has 0 radical (unpaired) electrons. The summed E-state index contributed by atoms with van der Waals surface area (Å²) in [6.07, 6.45) is 0.808. The fourth-order valence-electron chi connectivity index (χ4n) is 2.41. The summed E-state index contributed by atoms with van der Waals surface area (Å²) < 4.78 is 32.0. The van der Waals surface area contributed by atoms with Crippen LogP contribution in [0.1, 0.15) is 31.4 Å². The van der Waals surface area contributed by atoms with Crippen LogP contribution in [0, 0.1) is 11.6 Å². The van der Waals surface area contributed by atoms with Crippen molar-refractivity contribution in [3.05, 3.63) is 35.4 Å². The van der Waals surface area contributed by atoms with Crippen molar-refractivity contribution in [3.8, 4) is 0 Å². The van der Waals surface area contributed by atoms with E-state index in [1.807, 2.05) is 6.92 Å². The van der Waals surface area contributed by atoms with Crippen LogP contribution < -0.4 is 10.6 Å². The molecule has 1 aliphatic rings. The minimum Gasteiger partial charge on any atom is -0.378 e. The number of rotatable bonds is 5. The first-order valence-electron chi connectivity index (χ1n) is 7.15. The zero-order valence-corrected chi connectivity index (χ0v) is 12.0. The van der Waals surface area contributed by atoms with Gasteiger partial charge in [-0.15, -0.1) is 0 Å². The van der Waals surface area contributed by atoms with Crippen molar-refractivity contribution >= 4 is 5.91 Å². The van der Waals surface area contributed by atoms with E-state index in [2.05, 4.69) is 10.6 Å². The highest BCUT2D eigenvalue weighted by Gasteiger charge is 2.21. The summed E-state index contributed by atoms with van der Waals surface area (Å²) in [5, 5.41) is 5.98. The molecule has 0 saturated carbocycles. The van der Waals surface area contributed by atoms with E-state index in [1.165, 1.54) is 12.1 Å². The van der Waals surface area contributed by atoms with E-state index in [0.29, 0.717) is 25.2 Å². The van der Waals surface area contributed by atoms with Crippen LogP contribution in [0.4, 0.5) is 8.78 Å². The maximum absolute atomic E-state index is 13.8. The van der Waals surface area contributed by atoms with E-state index in [9.17, 15) is 13.6 Å². The van der Waals surface area contributed by atoms with E-state index >= 15 is 0 Å². The average molecular weight is 298 g/mol. The molecule has 1 amide bonds. The van der Waals surface area contributed by atoms with Gasteiger partial charge in [-0.3, -0.25) is 4.79 Å². The number of carbonyl (C=O) groups excluding carboxylic acids is 1. The van der Waals surface area contributed by atoms with Gasteiger partial charge in [0.2, 0.25) is 5.91 Å². The van der Waals surface area contributed by atoms with Gasteiger partial charge in [0, 0.05) is 30.6 Å². The Labute approximate surface area is 122 Å². The van der Waals surface area contributed by atoms with Crippen LogP contribution >= 0.6 is 0 Å². The van der Waals surface area contributed by atoms with Crippen LogP contribution in [0.3, 0.4) is 0 Å². The van der Waals surface area contributed by atoms with Gasteiger partial charge in [-0.25, -0.2) is 8.78 Å². The molecule has 2 rings (SSSR count). The van der Waals surface area contributed by atoms with Gasteiger partial charge >= 0.3 is 0 Å². The van der Waals surface area contributed by atoms with Crippen LogP contribution in [0.15, 0.2) is 18.2 Å². The third-order valence-electron chi connectivity index (χ3n) is 3.51. The molecule has 1 saturated heterocycles. The number of amides is 1. The van der Waals surface area contributed by atoms with Gasteiger partial charge in [0.15, 0.2) is 0 Å².